The first-order valence-corrected chi connectivity index (χ1v) is 20.1. The Labute approximate surface area is 338 Å². The van der Waals surface area contributed by atoms with E-state index in [0.29, 0.717) is 17.5 Å². The number of anilines is 2. The summed E-state index contributed by atoms with van der Waals surface area (Å²) in [6.45, 7) is 4.88. The number of rotatable bonds is 6. The largest absolute Gasteiger partial charge is 0.456 e. The van der Waals surface area contributed by atoms with Crippen molar-refractivity contribution in [1.29, 1.82) is 0 Å². The van der Waals surface area contributed by atoms with Crippen LogP contribution in [0, 0.1) is 0 Å². The van der Waals surface area contributed by atoms with Crippen molar-refractivity contribution in [3.8, 4) is 56.4 Å². The second-order valence-corrected chi connectivity index (χ2v) is 15.9. The maximum absolute atomic E-state index is 6.53. The summed E-state index contributed by atoms with van der Waals surface area (Å²) in [4.78, 5) is 18.4. The van der Waals surface area contributed by atoms with Gasteiger partial charge in [0, 0.05) is 38.6 Å². The minimum absolute atomic E-state index is 0.234. The number of benzene rings is 7. The van der Waals surface area contributed by atoms with Gasteiger partial charge in [-0.2, -0.15) is 0 Å². The van der Waals surface area contributed by atoms with Gasteiger partial charge in [-0.1, -0.05) is 159 Å². The van der Waals surface area contributed by atoms with Crippen LogP contribution in [0.1, 0.15) is 32.3 Å². The molecule has 0 spiro atoms. The van der Waals surface area contributed by atoms with Crippen LogP contribution in [0.5, 0.6) is 0 Å². The van der Waals surface area contributed by atoms with Crippen molar-refractivity contribution in [3.63, 3.8) is 0 Å². The Kier molecular flexibility index (Phi) is 7.80. The van der Waals surface area contributed by atoms with E-state index in [1.165, 1.54) is 27.8 Å². The highest BCUT2D eigenvalue weighted by Crippen LogP contribution is 2.63. The molecule has 2 atom stereocenters. The Balaban J connectivity index is 1.22. The summed E-state index contributed by atoms with van der Waals surface area (Å²) in [5.41, 5.74) is 12.2. The zero-order chi connectivity index (χ0) is 38.8. The van der Waals surface area contributed by atoms with Gasteiger partial charge in [-0.05, 0) is 77.9 Å². The highest BCUT2D eigenvalue weighted by atomic mass is 16.3. The van der Waals surface area contributed by atoms with Crippen LogP contribution in [0.25, 0.3) is 78.4 Å². The number of nitrogens with zero attached hydrogens (tertiary/aromatic N) is 4. The molecule has 5 nitrogen and oxygen atoms in total. The number of hydrogen-bond donors (Lipinski definition) is 0. The maximum Gasteiger partial charge on any atom is 0.166 e. The highest BCUT2D eigenvalue weighted by Gasteiger charge is 2.58. The number of para-hydroxylation sites is 1. The minimum atomic E-state index is -0.327. The van der Waals surface area contributed by atoms with E-state index >= 15 is 0 Å². The van der Waals surface area contributed by atoms with Gasteiger partial charge in [0.25, 0.3) is 0 Å². The van der Waals surface area contributed by atoms with Crippen molar-refractivity contribution in [2.24, 2.45) is 0 Å². The lowest BCUT2D eigenvalue weighted by Gasteiger charge is -2.48. The molecule has 5 heteroatoms. The molecule has 7 aromatic carbocycles. The molecule has 0 saturated heterocycles. The molecule has 2 aliphatic rings. The predicted molar refractivity (Wildman–Crippen MR) is 237 cm³/mol. The average Bonchev–Trinajstić information content (AvgIpc) is 3.76. The van der Waals surface area contributed by atoms with Crippen LogP contribution in [-0.2, 0) is 5.41 Å². The van der Waals surface area contributed by atoms with Gasteiger partial charge in [0.1, 0.15) is 11.2 Å². The van der Waals surface area contributed by atoms with Crippen molar-refractivity contribution in [2.45, 2.75) is 37.6 Å². The van der Waals surface area contributed by atoms with E-state index in [-0.39, 0.29) is 11.0 Å². The first-order chi connectivity index (χ1) is 28.5. The van der Waals surface area contributed by atoms with Crippen molar-refractivity contribution in [3.05, 3.63) is 188 Å². The monoisotopic (exact) mass is 748 g/mol. The van der Waals surface area contributed by atoms with E-state index in [4.69, 9.17) is 19.4 Å². The van der Waals surface area contributed by atoms with Gasteiger partial charge in [0.15, 0.2) is 17.5 Å². The third kappa shape index (κ3) is 5.20. The fourth-order valence-electron chi connectivity index (χ4n) is 9.61. The lowest BCUT2D eigenvalue weighted by Crippen LogP contribution is -2.53. The molecule has 0 amide bonds. The second kappa shape index (κ2) is 13.2. The smallest absolute Gasteiger partial charge is 0.166 e. The number of hydrogen-bond acceptors (Lipinski definition) is 5. The topological polar surface area (TPSA) is 55.1 Å². The number of allylic oxidation sites excluding steroid dienone is 1. The van der Waals surface area contributed by atoms with Crippen molar-refractivity contribution < 1.29 is 4.42 Å². The van der Waals surface area contributed by atoms with E-state index in [0.717, 1.165) is 62.9 Å². The summed E-state index contributed by atoms with van der Waals surface area (Å²) in [5.74, 6) is 1.90. The van der Waals surface area contributed by atoms with Gasteiger partial charge in [-0.3, -0.25) is 0 Å². The Morgan fingerprint density at radius 1 is 0.466 bits per heavy atom. The molecule has 11 rings (SSSR count). The van der Waals surface area contributed by atoms with Crippen molar-refractivity contribution >= 4 is 33.3 Å². The Bertz CT molecular complexity index is 2990. The third-order valence-electron chi connectivity index (χ3n) is 12.7. The highest BCUT2D eigenvalue weighted by molar-refractivity contribution is 6.11. The second-order valence-electron chi connectivity index (χ2n) is 15.9. The molecule has 2 unspecified atom stereocenters. The molecule has 0 radical (unpaired) electrons. The van der Waals surface area contributed by atoms with Gasteiger partial charge in [0.2, 0.25) is 0 Å². The molecule has 1 aliphatic heterocycles. The van der Waals surface area contributed by atoms with Crippen LogP contribution in [0.4, 0.5) is 11.4 Å². The van der Waals surface area contributed by atoms with E-state index in [1.807, 2.05) is 36.4 Å². The Morgan fingerprint density at radius 3 is 1.71 bits per heavy atom. The number of fused-ring (bicyclic) bond motifs is 7. The van der Waals surface area contributed by atoms with Gasteiger partial charge in [-0.25, -0.2) is 15.0 Å². The first-order valence-electron chi connectivity index (χ1n) is 20.1. The van der Waals surface area contributed by atoms with E-state index < -0.39 is 0 Å². The van der Waals surface area contributed by atoms with Crippen LogP contribution in [-0.4, -0.2) is 20.5 Å². The number of aromatic nitrogens is 3. The zero-order valence-corrected chi connectivity index (χ0v) is 32.4. The fraction of sp³-hybridized carbons (Fsp3) is 0.113. The molecule has 3 heterocycles. The zero-order valence-electron chi connectivity index (χ0n) is 32.4. The molecule has 0 fully saturated rings. The van der Waals surface area contributed by atoms with Crippen LogP contribution in [0.3, 0.4) is 0 Å². The van der Waals surface area contributed by atoms with Crippen LogP contribution < -0.4 is 4.90 Å². The summed E-state index contributed by atoms with van der Waals surface area (Å²) in [7, 11) is 0. The fourth-order valence-corrected chi connectivity index (χ4v) is 9.61. The molecular formula is C53H40N4O. The molecule has 0 bridgehead atoms. The summed E-state index contributed by atoms with van der Waals surface area (Å²) >= 11 is 0. The predicted octanol–water partition coefficient (Wildman–Crippen LogP) is 13.6. The van der Waals surface area contributed by atoms with Crippen molar-refractivity contribution in [1.82, 2.24) is 15.0 Å². The van der Waals surface area contributed by atoms with Crippen LogP contribution in [0.15, 0.2) is 186 Å². The quantitative estimate of drug-likeness (QED) is 0.159. The Morgan fingerprint density at radius 2 is 1.02 bits per heavy atom. The summed E-state index contributed by atoms with van der Waals surface area (Å²) in [5, 5.41) is 2.35. The molecule has 1 aliphatic carbocycles. The average molecular weight is 749 g/mol. The van der Waals surface area contributed by atoms with E-state index in [9.17, 15) is 0 Å². The molecular weight excluding hydrogens is 709 g/mol. The van der Waals surface area contributed by atoms with E-state index in [1.54, 1.807) is 0 Å². The Hall–Kier alpha value is -7.11. The van der Waals surface area contributed by atoms with E-state index in [2.05, 4.69) is 164 Å². The van der Waals surface area contributed by atoms with Crippen LogP contribution in [0.2, 0.25) is 0 Å². The molecule has 2 aromatic heterocycles. The molecule has 278 valence electrons. The maximum atomic E-state index is 6.53. The lowest BCUT2D eigenvalue weighted by molar-refractivity contribution is 0.272. The third-order valence-corrected chi connectivity index (χ3v) is 12.7. The molecule has 58 heavy (non-hydrogen) atoms. The van der Waals surface area contributed by atoms with Gasteiger partial charge < -0.3 is 9.32 Å². The number of furan rings is 1. The normalized spacial score (nSPS) is 18.4. The van der Waals surface area contributed by atoms with Gasteiger partial charge in [-0.15, -0.1) is 0 Å². The molecule has 0 N–H and O–H groups in total. The van der Waals surface area contributed by atoms with Gasteiger partial charge in [0.05, 0.1) is 11.2 Å². The summed E-state index contributed by atoms with van der Waals surface area (Å²) < 4.78 is 6.53. The van der Waals surface area contributed by atoms with Gasteiger partial charge >= 0.3 is 0 Å². The first kappa shape index (κ1) is 34.2. The van der Waals surface area contributed by atoms with Crippen molar-refractivity contribution in [2.75, 3.05) is 4.90 Å². The minimum Gasteiger partial charge on any atom is -0.456 e. The summed E-state index contributed by atoms with van der Waals surface area (Å²) in [6.07, 6.45) is 6.51. The SMILES string of the molecule is CC12CC=CCC1(C)N(c1ccc(-c3ccccc3-c3ccccc3)cc1-c1nc(-c3ccccc3)nc(-c3ccccc3)n1)c1ccc3oc4ccccc4c3c12. The van der Waals surface area contributed by atoms with Crippen LogP contribution >= 0.6 is 0 Å². The lowest BCUT2D eigenvalue weighted by atomic mass is 9.63. The molecule has 0 saturated carbocycles. The summed E-state index contributed by atoms with van der Waals surface area (Å²) in [6, 6.07) is 59.5. The standard InChI is InChI=1S/C53H40N4O/c1-52-32-16-17-33-53(52,2)57(44-30-31-46-47(48(44)52)41-26-14-15-27-45(41)58-46)43-29-28-38(40-25-13-12-24-39(40)35-18-6-3-7-19-35)34-42(43)51-55-49(36-20-8-4-9-21-36)54-50(56-51)37-22-10-5-11-23-37/h3-31,34H,32-33H2,1-2H3. The molecule has 9 aromatic rings.